The fourth-order valence-corrected chi connectivity index (χ4v) is 4.24. The Kier molecular flexibility index (Phi) is 5.16. The molecule has 158 valence electrons. The summed E-state index contributed by atoms with van der Waals surface area (Å²) < 4.78 is 11.3. The second-order valence-corrected chi connectivity index (χ2v) is 7.83. The first kappa shape index (κ1) is 19.4. The van der Waals surface area contributed by atoms with Gasteiger partial charge in [-0.2, -0.15) is 0 Å². The molecular weight excluding hydrogens is 392 g/mol. The van der Waals surface area contributed by atoms with Crippen LogP contribution in [0.2, 0.25) is 0 Å². The van der Waals surface area contributed by atoms with Crippen molar-refractivity contribution < 1.29 is 13.9 Å². The summed E-state index contributed by atoms with van der Waals surface area (Å²) in [5, 5.41) is 4.05. The van der Waals surface area contributed by atoms with Crippen molar-refractivity contribution in [2.75, 3.05) is 25.1 Å². The van der Waals surface area contributed by atoms with Crippen molar-refractivity contribution in [3.05, 3.63) is 60.4 Å². The van der Waals surface area contributed by atoms with E-state index in [4.69, 9.17) is 9.15 Å². The van der Waals surface area contributed by atoms with Crippen LogP contribution < -0.4 is 15.0 Å². The van der Waals surface area contributed by atoms with Crippen LogP contribution in [0.3, 0.4) is 0 Å². The van der Waals surface area contributed by atoms with Crippen LogP contribution in [0.5, 0.6) is 5.75 Å². The van der Waals surface area contributed by atoms with Gasteiger partial charge in [-0.05, 0) is 42.7 Å². The van der Waals surface area contributed by atoms with Crippen LogP contribution in [0, 0.1) is 5.92 Å². The Hall–Kier alpha value is -3.61. The summed E-state index contributed by atoms with van der Waals surface area (Å²) in [4.78, 5) is 24.0. The minimum Gasteiger partial charge on any atom is -0.497 e. The first-order valence-corrected chi connectivity index (χ1v) is 10.5. The molecule has 0 radical (unpaired) electrons. The molecule has 1 atom stereocenters. The third-order valence-electron chi connectivity index (χ3n) is 5.83. The van der Waals surface area contributed by atoms with Crippen LogP contribution in [0.15, 0.2) is 59.3 Å². The maximum Gasteiger partial charge on any atom is 0.225 e. The molecule has 1 aliphatic heterocycles. The van der Waals surface area contributed by atoms with Gasteiger partial charge in [0, 0.05) is 25.0 Å². The van der Waals surface area contributed by atoms with Crippen molar-refractivity contribution in [1.82, 2.24) is 15.3 Å². The standard InChI is InChI=1S/C24H24N4O3/c1-30-18-8-4-6-16(12-18)13-25-24(29)17-7-5-11-28(14-17)23-22-21(26-15-27-23)19-9-2-3-10-20(19)31-22/h2-4,6,8-10,12,15,17H,5,7,11,13-14H2,1H3,(H,25,29)/t17-/m1/s1. The van der Waals surface area contributed by atoms with E-state index in [1.54, 1.807) is 13.4 Å². The number of ether oxygens (including phenoxy) is 1. The van der Waals surface area contributed by atoms with Gasteiger partial charge >= 0.3 is 0 Å². The highest BCUT2D eigenvalue weighted by molar-refractivity contribution is 6.05. The lowest BCUT2D eigenvalue weighted by atomic mass is 9.97. The van der Waals surface area contributed by atoms with E-state index in [9.17, 15) is 4.79 Å². The average Bonchev–Trinajstić information content (AvgIpc) is 3.21. The molecule has 4 aromatic rings. The van der Waals surface area contributed by atoms with E-state index in [0.29, 0.717) is 18.7 Å². The lowest BCUT2D eigenvalue weighted by molar-refractivity contribution is -0.125. The van der Waals surface area contributed by atoms with Gasteiger partial charge in [0.05, 0.1) is 13.0 Å². The number of rotatable bonds is 5. The highest BCUT2D eigenvalue weighted by Gasteiger charge is 2.28. The van der Waals surface area contributed by atoms with Crippen molar-refractivity contribution >= 4 is 33.8 Å². The molecule has 0 bridgehead atoms. The molecule has 2 aromatic carbocycles. The third-order valence-corrected chi connectivity index (χ3v) is 5.83. The van der Waals surface area contributed by atoms with Crippen LogP contribution >= 0.6 is 0 Å². The maximum absolute atomic E-state index is 12.9. The number of methoxy groups -OCH3 is 1. The van der Waals surface area contributed by atoms with E-state index in [-0.39, 0.29) is 11.8 Å². The van der Waals surface area contributed by atoms with E-state index in [1.807, 2.05) is 48.5 Å². The van der Waals surface area contributed by atoms with Crippen LogP contribution in [0.4, 0.5) is 5.82 Å². The number of hydrogen-bond acceptors (Lipinski definition) is 6. The minimum atomic E-state index is -0.103. The fraction of sp³-hybridized carbons (Fsp3) is 0.292. The number of para-hydroxylation sites is 1. The predicted molar refractivity (Wildman–Crippen MR) is 119 cm³/mol. The number of nitrogens with one attached hydrogen (secondary N) is 1. The summed E-state index contributed by atoms with van der Waals surface area (Å²) in [6.45, 7) is 1.92. The number of fused-ring (bicyclic) bond motifs is 3. The topological polar surface area (TPSA) is 80.5 Å². The van der Waals surface area contributed by atoms with Gasteiger partial charge in [-0.1, -0.05) is 24.3 Å². The highest BCUT2D eigenvalue weighted by atomic mass is 16.5. The zero-order chi connectivity index (χ0) is 21.2. The average molecular weight is 416 g/mol. The number of piperidine rings is 1. The summed E-state index contributed by atoms with van der Waals surface area (Å²) in [6.07, 6.45) is 3.35. The number of aromatic nitrogens is 2. The summed E-state index contributed by atoms with van der Waals surface area (Å²) in [5.41, 5.74) is 3.30. The largest absolute Gasteiger partial charge is 0.497 e. The Morgan fingerprint density at radius 1 is 1.23 bits per heavy atom. The van der Waals surface area contributed by atoms with Gasteiger partial charge in [0.1, 0.15) is 23.2 Å². The van der Waals surface area contributed by atoms with Crippen LogP contribution in [-0.4, -0.2) is 36.1 Å². The molecule has 5 rings (SSSR count). The van der Waals surface area contributed by atoms with E-state index in [0.717, 1.165) is 53.0 Å². The molecule has 1 fully saturated rings. The first-order chi connectivity index (χ1) is 15.2. The molecule has 0 unspecified atom stereocenters. The number of benzene rings is 2. The van der Waals surface area contributed by atoms with E-state index in [2.05, 4.69) is 20.2 Å². The number of nitrogens with zero attached hydrogens (tertiary/aromatic N) is 3. The normalized spacial score (nSPS) is 16.5. The number of hydrogen-bond donors (Lipinski definition) is 1. The zero-order valence-electron chi connectivity index (χ0n) is 17.4. The minimum absolute atomic E-state index is 0.0578. The molecule has 0 spiro atoms. The fourth-order valence-electron chi connectivity index (χ4n) is 4.24. The third kappa shape index (κ3) is 3.79. The molecule has 1 amide bonds. The SMILES string of the molecule is COc1cccc(CNC(=O)[C@@H]2CCCN(c3ncnc4c3oc3ccccc34)C2)c1. The predicted octanol–water partition coefficient (Wildman–Crippen LogP) is 3.92. The van der Waals surface area contributed by atoms with Crippen molar-refractivity contribution in [3.8, 4) is 5.75 Å². The lowest BCUT2D eigenvalue weighted by Gasteiger charge is -2.32. The summed E-state index contributed by atoms with van der Waals surface area (Å²) >= 11 is 0. The van der Waals surface area contributed by atoms with Crippen LogP contribution in [-0.2, 0) is 11.3 Å². The molecular formula is C24H24N4O3. The molecule has 1 saturated heterocycles. The maximum atomic E-state index is 12.9. The zero-order valence-corrected chi connectivity index (χ0v) is 17.4. The van der Waals surface area contributed by atoms with Crippen molar-refractivity contribution in [2.45, 2.75) is 19.4 Å². The molecule has 7 nitrogen and oxygen atoms in total. The Morgan fingerprint density at radius 2 is 2.13 bits per heavy atom. The van der Waals surface area contributed by atoms with Gasteiger partial charge in [0.2, 0.25) is 5.91 Å². The quantitative estimate of drug-likeness (QED) is 0.531. The van der Waals surface area contributed by atoms with Gasteiger partial charge < -0.3 is 19.4 Å². The van der Waals surface area contributed by atoms with E-state index < -0.39 is 0 Å². The second-order valence-electron chi connectivity index (χ2n) is 7.83. The number of anilines is 1. The summed E-state index contributed by atoms with van der Waals surface area (Å²) in [6, 6.07) is 15.6. The van der Waals surface area contributed by atoms with Gasteiger partial charge in [0.15, 0.2) is 11.4 Å². The van der Waals surface area contributed by atoms with E-state index >= 15 is 0 Å². The second kappa shape index (κ2) is 8.26. The summed E-state index contributed by atoms with van der Waals surface area (Å²) in [5.74, 6) is 1.50. The number of carbonyl (C=O) groups excluding carboxylic acids is 1. The smallest absolute Gasteiger partial charge is 0.225 e. The number of amides is 1. The number of carbonyl (C=O) groups is 1. The lowest BCUT2D eigenvalue weighted by Crippen LogP contribution is -2.43. The molecule has 3 heterocycles. The highest BCUT2D eigenvalue weighted by Crippen LogP contribution is 2.33. The van der Waals surface area contributed by atoms with Gasteiger partial charge in [0.25, 0.3) is 0 Å². The molecule has 31 heavy (non-hydrogen) atoms. The van der Waals surface area contributed by atoms with Crippen LogP contribution in [0.25, 0.3) is 22.1 Å². The monoisotopic (exact) mass is 416 g/mol. The molecule has 1 aliphatic rings. The Labute approximate surface area is 180 Å². The Morgan fingerprint density at radius 3 is 3.03 bits per heavy atom. The molecule has 0 aliphatic carbocycles. The van der Waals surface area contributed by atoms with E-state index in [1.165, 1.54) is 0 Å². The molecule has 0 saturated carbocycles. The number of furan rings is 1. The Balaban J connectivity index is 1.32. The first-order valence-electron chi connectivity index (χ1n) is 10.5. The molecule has 7 heteroatoms. The van der Waals surface area contributed by atoms with Crippen molar-refractivity contribution in [3.63, 3.8) is 0 Å². The van der Waals surface area contributed by atoms with Gasteiger partial charge in [-0.25, -0.2) is 9.97 Å². The Bertz CT molecular complexity index is 1240. The van der Waals surface area contributed by atoms with Gasteiger partial charge in [-0.15, -0.1) is 0 Å². The summed E-state index contributed by atoms with van der Waals surface area (Å²) in [7, 11) is 1.64. The van der Waals surface area contributed by atoms with Crippen molar-refractivity contribution in [1.29, 1.82) is 0 Å². The molecule has 1 N–H and O–H groups in total. The molecule has 2 aromatic heterocycles. The van der Waals surface area contributed by atoms with Crippen LogP contribution in [0.1, 0.15) is 18.4 Å². The van der Waals surface area contributed by atoms with Gasteiger partial charge in [-0.3, -0.25) is 4.79 Å². The van der Waals surface area contributed by atoms with Crippen molar-refractivity contribution in [2.24, 2.45) is 5.92 Å².